The molecule has 0 saturated heterocycles. The van der Waals surface area contributed by atoms with Crippen molar-refractivity contribution in [3.63, 3.8) is 0 Å². The summed E-state index contributed by atoms with van der Waals surface area (Å²) in [5, 5.41) is 12.2. The third-order valence-corrected chi connectivity index (χ3v) is 6.34. The van der Waals surface area contributed by atoms with Crippen molar-refractivity contribution >= 4 is 34.8 Å². The van der Waals surface area contributed by atoms with Crippen molar-refractivity contribution in [2.75, 3.05) is 11.9 Å². The summed E-state index contributed by atoms with van der Waals surface area (Å²) < 4.78 is 14.2. The number of fused-ring (bicyclic) bond motifs is 1. The van der Waals surface area contributed by atoms with Gasteiger partial charge >= 0.3 is 5.97 Å². The summed E-state index contributed by atoms with van der Waals surface area (Å²) in [6.07, 6.45) is 3.03. The minimum absolute atomic E-state index is 0.172. The number of benzene rings is 1. The highest BCUT2D eigenvalue weighted by Crippen LogP contribution is 2.25. The number of furan rings is 1. The summed E-state index contributed by atoms with van der Waals surface area (Å²) in [7, 11) is 0. The Morgan fingerprint density at radius 2 is 2.00 bits per heavy atom. The minimum Gasteiger partial charge on any atom is -0.462 e. The quantitative estimate of drug-likeness (QED) is 0.303. The van der Waals surface area contributed by atoms with Gasteiger partial charge < -0.3 is 14.5 Å². The van der Waals surface area contributed by atoms with Crippen molar-refractivity contribution < 1.29 is 18.7 Å². The molecule has 0 spiro atoms. The Bertz CT molecular complexity index is 1630. The first-order valence-corrected chi connectivity index (χ1v) is 11.9. The SMILES string of the molecule is CCOC(=O)c1cnn2c(-c3cccc(NC(=O)c4ccc(Cn5nc(C)c(Cl)c5C)o4)c3)ccnc12. The van der Waals surface area contributed by atoms with Gasteiger partial charge in [0.25, 0.3) is 5.91 Å². The second-order valence-electron chi connectivity index (χ2n) is 8.29. The van der Waals surface area contributed by atoms with Crippen molar-refractivity contribution in [2.45, 2.75) is 27.3 Å². The van der Waals surface area contributed by atoms with E-state index >= 15 is 0 Å². The summed E-state index contributed by atoms with van der Waals surface area (Å²) in [5.74, 6) is -0.123. The molecule has 0 atom stereocenters. The lowest BCUT2D eigenvalue weighted by Gasteiger charge is -2.08. The van der Waals surface area contributed by atoms with Crippen LogP contribution in [-0.4, -0.2) is 42.9 Å². The number of nitrogens with zero attached hydrogens (tertiary/aromatic N) is 5. The molecule has 0 saturated carbocycles. The van der Waals surface area contributed by atoms with Crippen LogP contribution in [0.15, 0.2) is 59.3 Å². The molecule has 0 aliphatic rings. The topological polar surface area (TPSA) is 117 Å². The Labute approximate surface area is 216 Å². The van der Waals surface area contributed by atoms with Gasteiger partial charge in [-0.15, -0.1) is 0 Å². The first-order valence-electron chi connectivity index (χ1n) is 11.6. The van der Waals surface area contributed by atoms with Crippen LogP contribution in [0.5, 0.6) is 0 Å². The number of hydrogen-bond acceptors (Lipinski definition) is 7. The number of ether oxygens (including phenoxy) is 1. The average Bonchev–Trinajstić information content (AvgIpc) is 3.60. The van der Waals surface area contributed by atoms with E-state index in [0.29, 0.717) is 34.4 Å². The molecule has 4 heterocycles. The molecule has 37 heavy (non-hydrogen) atoms. The van der Waals surface area contributed by atoms with E-state index in [1.165, 1.54) is 6.20 Å². The van der Waals surface area contributed by atoms with E-state index in [4.69, 9.17) is 20.8 Å². The summed E-state index contributed by atoms with van der Waals surface area (Å²) in [5.41, 5.74) is 4.26. The second kappa shape index (κ2) is 9.90. The maximum atomic E-state index is 12.9. The molecule has 0 aliphatic heterocycles. The molecule has 0 unspecified atom stereocenters. The van der Waals surface area contributed by atoms with Gasteiger partial charge in [0, 0.05) is 17.4 Å². The summed E-state index contributed by atoms with van der Waals surface area (Å²) in [6, 6.07) is 12.4. The van der Waals surface area contributed by atoms with Crippen LogP contribution < -0.4 is 5.32 Å². The predicted molar refractivity (Wildman–Crippen MR) is 137 cm³/mol. The maximum Gasteiger partial charge on any atom is 0.343 e. The molecule has 5 rings (SSSR count). The van der Waals surface area contributed by atoms with E-state index in [1.807, 2.05) is 26.0 Å². The number of carbonyl (C=O) groups is 2. The molecule has 10 nitrogen and oxygen atoms in total. The summed E-state index contributed by atoms with van der Waals surface area (Å²) in [6.45, 7) is 6.07. The van der Waals surface area contributed by atoms with Crippen molar-refractivity contribution in [2.24, 2.45) is 0 Å². The van der Waals surface area contributed by atoms with Crippen LogP contribution in [-0.2, 0) is 11.3 Å². The Kier molecular flexibility index (Phi) is 6.49. The fraction of sp³-hybridized carbons (Fsp3) is 0.192. The van der Waals surface area contributed by atoms with Crippen LogP contribution in [0.2, 0.25) is 5.02 Å². The highest BCUT2D eigenvalue weighted by molar-refractivity contribution is 6.31. The van der Waals surface area contributed by atoms with Gasteiger partial charge in [-0.3, -0.25) is 9.48 Å². The van der Waals surface area contributed by atoms with Crippen molar-refractivity contribution in [1.29, 1.82) is 0 Å². The zero-order valence-corrected chi connectivity index (χ0v) is 21.1. The molecular weight excluding hydrogens is 496 g/mol. The van der Waals surface area contributed by atoms with Gasteiger partial charge in [0.05, 0.1) is 41.5 Å². The average molecular weight is 519 g/mol. The highest BCUT2D eigenvalue weighted by atomic mass is 35.5. The lowest BCUT2D eigenvalue weighted by Crippen LogP contribution is -2.11. The number of carbonyl (C=O) groups excluding carboxylic acids is 2. The van der Waals surface area contributed by atoms with Crippen molar-refractivity contribution in [3.8, 4) is 11.3 Å². The third-order valence-electron chi connectivity index (χ3n) is 5.80. The lowest BCUT2D eigenvalue weighted by molar-refractivity contribution is 0.0528. The van der Waals surface area contributed by atoms with E-state index in [1.54, 1.807) is 52.6 Å². The standard InChI is InChI=1S/C26H23ClN6O4/c1-4-36-26(35)20-13-29-33-21(10-11-28-24(20)33)17-6-5-7-18(12-17)30-25(34)22-9-8-19(37-22)14-32-16(3)23(27)15(2)31-32/h5-13H,4,14H2,1-3H3,(H,30,34). The molecule has 4 aromatic heterocycles. The van der Waals surface area contributed by atoms with Crippen LogP contribution >= 0.6 is 11.6 Å². The molecule has 1 N–H and O–H groups in total. The number of anilines is 1. The summed E-state index contributed by atoms with van der Waals surface area (Å²) >= 11 is 6.22. The van der Waals surface area contributed by atoms with Crippen LogP contribution in [0.4, 0.5) is 5.69 Å². The van der Waals surface area contributed by atoms with Gasteiger partial charge in [-0.2, -0.15) is 10.2 Å². The van der Waals surface area contributed by atoms with Crippen LogP contribution in [0.25, 0.3) is 16.9 Å². The number of halogens is 1. The fourth-order valence-electron chi connectivity index (χ4n) is 3.97. The first-order chi connectivity index (χ1) is 17.9. The van der Waals surface area contributed by atoms with Crippen LogP contribution in [0, 0.1) is 13.8 Å². The molecule has 1 aromatic carbocycles. The van der Waals surface area contributed by atoms with Gasteiger partial charge in [0.1, 0.15) is 11.3 Å². The molecule has 0 aliphatic carbocycles. The molecule has 0 bridgehead atoms. The van der Waals surface area contributed by atoms with Gasteiger partial charge in [-0.1, -0.05) is 23.7 Å². The van der Waals surface area contributed by atoms with Crippen molar-refractivity contribution in [1.82, 2.24) is 24.4 Å². The smallest absolute Gasteiger partial charge is 0.343 e. The molecule has 0 radical (unpaired) electrons. The van der Waals surface area contributed by atoms with E-state index < -0.39 is 11.9 Å². The number of amides is 1. The number of aryl methyl sites for hydroxylation is 1. The molecule has 11 heteroatoms. The second-order valence-corrected chi connectivity index (χ2v) is 8.67. The number of rotatable bonds is 7. The zero-order valence-electron chi connectivity index (χ0n) is 20.4. The minimum atomic E-state index is -0.484. The normalized spacial score (nSPS) is 11.1. The Morgan fingerprint density at radius 1 is 1.16 bits per heavy atom. The number of nitrogens with one attached hydrogen (secondary N) is 1. The zero-order chi connectivity index (χ0) is 26.1. The van der Waals surface area contributed by atoms with E-state index in [2.05, 4.69) is 20.5 Å². The maximum absolute atomic E-state index is 12.9. The fourth-order valence-corrected chi connectivity index (χ4v) is 4.11. The monoisotopic (exact) mass is 518 g/mol. The molecule has 1 amide bonds. The third kappa shape index (κ3) is 4.70. The number of esters is 1. The molecule has 188 valence electrons. The lowest BCUT2D eigenvalue weighted by atomic mass is 10.1. The van der Waals surface area contributed by atoms with E-state index in [0.717, 1.165) is 17.0 Å². The van der Waals surface area contributed by atoms with Gasteiger partial charge in [-0.05, 0) is 51.1 Å². The Hall–Kier alpha value is -4.44. The number of aromatic nitrogens is 5. The molecule has 0 fully saturated rings. The molecular formula is C26H23ClN6O4. The number of hydrogen-bond donors (Lipinski definition) is 1. The Balaban J connectivity index is 1.35. The first kappa shape index (κ1) is 24.3. The van der Waals surface area contributed by atoms with Crippen LogP contribution in [0.3, 0.4) is 0 Å². The Morgan fingerprint density at radius 3 is 2.76 bits per heavy atom. The molecule has 5 aromatic rings. The van der Waals surface area contributed by atoms with Gasteiger partial charge in [0.15, 0.2) is 11.4 Å². The van der Waals surface area contributed by atoms with Gasteiger partial charge in [-0.25, -0.2) is 14.3 Å². The van der Waals surface area contributed by atoms with Crippen molar-refractivity contribution in [3.05, 3.63) is 88.4 Å². The van der Waals surface area contributed by atoms with E-state index in [9.17, 15) is 9.59 Å². The predicted octanol–water partition coefficient (Wildman–Crippen LogP) is 4.93. The largest absolute Gasteiger partial charge is 0.462 e. The van der Waals surface area contributed by atoms with Crippen LogP contribution in [0.1, 0.15) is 45.0 Å². The van der Waals surface area contributed by atoms with E-state index in [-0.39, 0.29) is 17.9 Å². The van der Waals surface area contributed by atoms with Gasteiger partial charge in [0.2, 0.25) is 0 Å². The highest BCUT2D eigenvalue weighted by Gasteiger charge is 2.18. The summed E-state index contributed by atoms with van der Waals surface area (Å²) in [4.78, 5) is 29.4.